The summed E-state index contributed by atoms with van der Waals surface area (Å²) < 4.78 is 0. The molecular formula is C11H15NO2. The van der Waals surface area contributed by atoms with E-state index in [2.05, 4.69) is 0 Å². The van der Waals surface area contributed by atoms with Gasteiger partial charge in [-0.3, -0.25) is 0 Å². The zero-order valence-corrected chi connectivity index (χ0v) is 8.45. The quantitative estimate of drug-likeness (QED) is 0.764. The van der Waals surface area contributed by atoms with Crippen molar-refractivity contribution in [3.05, 3.63) is 35.4 Å². The van der Waals surface area contributed by atoms with Crippen molar-refractivity contribution in [3.63, 3.8) is 0 Å². The zero-order valence-electron chi connectivity index (χ0n) is 8.45. The van der Waals surface area contributed by atoms with E-state index < -0.39 is 11.5 Å². The Labute approximate surface area is 83.6 Å². The molecule has 0 aliphatic carbocycles. The second-order valence-electron chi connectivity index (χ2n) is 3.52. The summed E-state index contributed by atoms with van der Waals surface area (Å²) in [7, 11) is 0. The van der Waals surface area contributed by atoms with Gasteiger partial charge in [0.2, 0.25) is 0 Å². The molecule has 0 aliphatic rings. The van der Waals surface area contributed by atoms with Gasteiger partial charge in [-0.2, -0.15) is 0 Å². The Morgan fingerprint density at radius 2 is 2.07 bits per heavy atom. The summed E-state index contributed by atoms with van der Waals surface area (Å²) in [6.07, 6.45) is 0.788. The van der Waals surface area contributed by atoms with E-state index in [1.165, 1.54) is 6.92 Å². The number of hydrogen-bond donors (Lipinski definition) is 2. The average Bonchev–Trinajstić information content (AvgIpc) is 2.17. The van der Waals surface area contributed by atoms with Gasteiger partial charge in [0.15, 0.2) is 0 Å². The number of carboxylic acids is 1. The molecule has 0 bridgehead atoms. The molecule has 1 rings (SSSR count). The van der Waals surface area contributed by atoms with Crippen molar-refractivity contribution in [2.24, 2.45) is 5.73 Å². The van der Waals surface area contributed by atoms with E-state index in [0.29, 0.717) is 5.56 Å². The highest BCUT2D eigenvalue weighted by atomic mass is 16.4. The normalized spacial score (nSPS) is 14.8. The smallest absolute Gasteiger partial charge is 0.328 e. The average molecular weight is 193 g/mol. The van der Waals surface area contributed by atoms with Crippen molar-refractivity contribution < 1.29 is 9.90 Å². The first kappa shape index (κ1) is 10.7. The van der Waals surface area contributed by atoms with E-state index in [-0.39, 0.29) is 0 Å². The molecule has 0 spiro atoms. The lowest BCUT2D eigenvalue weighted by Gasteiger charge is -2.22. The van der Waals surface area contributed by atoms with Gasteiger partial charge in [0.05, 0.1) is 0 Å². The van der Waals surface area contributed by atoms with Gasteiger partial charge in [0.25, 0.3) is 0 Å². The minimum atomic E-state index is -1.30. The van der Waals surface area contributed by atoms with Crippen molar-refractivity contribution in [2.75, 3.05) is 0 Å². The topological polar surface area (TPSA) is 63.3 Å². The van der Waals surface area contributed by atoms with Crippen molar-refractivity contribution in [2.45, 2.75) is 25.8 Å². The molecule has 0 radical (unpaired) electrons. The van der Waals surface area contributed by atoms with Crippen LogP contribution in [0.3, 0.4) is 0 Å². The Balaban J connectivity index is 3.24. The highest BCUT2D eigenvalue weighted by Crippen LogP contribution is 2.22. The summed E-state index contributed by atoms with van der Waals surface area (Å²) in [4.78, 5) is 11.0. The molecule has 0 aliphatic heterocycles. The largest absolute Gasteiger partial charge is 0.480 e. The number of carboxylic acid groups (broad SMARTS) is 1. The lowest BCUT2D eigenvalue weighted by Crippen LogP contribution is -2.42. The minimum Gasteiger partial charge on any atom is -0.480 e. The van der Waals surface area contributed by atoms with Crippen LogP contribution in [0.2, 0.25) is 0 Å². The van der Waals surface area contributed by atoms with Gasteiger partial charge in [-0.1, -0.05) is 31.2 Å². The molecule has 0 saturated heterocycles. The van der Waals surface area contributed by atoms with Gasteiger partial charge in [0.1, 0.15) is 5.54 Å². The van der Waals surface area contributed by atoms with Crippen LogP contribution in [0.25, 0.3) is 0 Å². The number of hydrogen-bond acceptors (Lipinski definition) is 2. The van der Waals surface area contributed by atoms with Crippen LogP contribution in [0.1, 0.15) is 25.0 Å². The Kier molecular flexibility index (Phi) is 2.91. The molecule has 3 nitrogen and oxygen atoms in total. The van der Waals surface area contributed by atoms with Gasteiger partial charge in [-0.05, 0) is 24.5 Å². The molecule has 3 N–H and O–H groups in total. The number of carbonyl (C=O) groups is 1. The lowest BCUT2D eigenvalue weighted by atomic mass is 9.88. The van der Waals surface area contributed by atoms with Crippen LogP contribution in [-0.4, -0.2) is 11.1 Å². The summed E-state index contributed by atoms with van der Waals surface area (Å²) in [5.41, 5.74) is 6.13. The number of aliphatic carboxylic acids is 1. The molecule has 0 fully saturated rings. The third-order valence-electron chi connectivity index (χ3n) is 2.40. The van der Waals surface area contributed by atoms with Crippen LogP contribution in [-0.2, 0) is 16.8 Å². The second kappa shape index (κ2) is 3.80. The summed E-state index contributed by atoms with van der Waals surface area (Å²) in [6.45, 7) is 3.50. The van der Waals surface area contributed by atoms with E-state index in [4.69, 9.17) is 10.8 Å². The minimum absolute atomic E-state index is 0.690. The molecule has 0 amide bonds. The van der Waals surface area contributed by atoms with Crippen molar-refractivity contribution >= 4 is 5.97 Å². The first-order valence-corrected chi connectivity index (χ1v) is 4.60. The maximum absolute atomic E-state index is 11.0. The van der Waals surface area contributed by atoms with Crippen LogP contribution < -0.4 is 5.73 Å². The zero-order chi connectivity index (χ0) is 10.8. The molecule has 1 aromatic rings. The van der Waals surface area contributed by atoms with Crippen molar-refractivity contribution in [3.8, 4) is 0 Å². The third kappa shape index (κ3) is 1.77. The summed E-state index contributed by atoms with van der Waals surface area (Å²) in [5, 5.41) is 8.99. The van der Waals surface area contributed by atoms with E-state index in [1.807, 2.05) is 25.1 Å². The molecule has 3 heteroatoms. The standard InChI is InChI=1S/C11H15NO2/c1-3-8-6-4-5-7-9(8)11(2,12)10(13)14/h4-7H,3,12H2,1-2H3,(H,13,14). The van der Waals surface area contributed by atoms with Crippen LogP contribution in [0, 0.1) is 0 Å². The molecule has 76 valence electrons. The number of rotatable bonds is 3. The van der Waals surface area contributed by atoms with E-state index in [1.54, 1.807) is 6.07 Å². The van der Waals surface area contributed by atoms with Gasteiger partial charge in [-0.25, -0.2) is 4.79 Å². The molecule has 1 unspecified atom stereocenters. The third-order valence-corrected chi connectivity index (χ3v) is 2.40. The molecule has 14 heavy (non-hydrogen) atoms. The Hall–Kier alpha value is -1.35. The van der Waals surface area contributed by atoms with Crippen LogP contribution >= 0.6 is 0 Å². The SMILES string of the molecule is CCc1ccccc1C(C)(N)C(=O)O. The molecule has 1 aromatic carbocycles. The maximum Gasteiger partial charge on any atom is 0.328 e. The van der Waals surface area contributed by atoms with Gasteiger partial charge in [0, 0.05) is 0 Å². The van der Waals surface area contributed by atoms with Crippen molar-refractivity contribution in [1.82, 2.24) is 0 Å². The predicted molar refractivity (Wildman–Crippen MR) is 55.0 cm³/mol. The van der Waals surface area contributed by atoms with Gasteiger partial charge in [-0.15, -0.1) is 0 Å². The molecule has 0 aromatic heterocycles. The fourth-order valence-electron chi connectivity index (χ4n) is 1.45. The Morgan fingerprint density at radius 3 is 2.57 bits per heavy atom. The predicted octanol–water partition coefficient (Wildman–Crippen LogP) is 1.51. The molecule has 0 saturated carbocycles. The molecule has 1 atom stereocenters. The van der Waals surface area contributed by atoms with Gasteiger partial charge >= 0.3 is 5.97 Å². The van der Waals surface area contributed by atoms with E-state index in [0.717, 1.165) is 12.0 Å². The Morgan fingerprint density at radius 1 is 1.50 bits per heavy atom. The van der Waals surface area contributed by atoms with Crippen molar-refractivity contribution in [1.29, 1.82) is 0 Å². The fourth-order valence-corrected chi connectivity index (χ4v) is 1.45. The van der Waals surface area contributed by atoms with Crippen LogP contribution in [0.15, 0.2) is 24.3 Å². The number of benzene rings is 1. The Bertz CT molecular complexity index is 345. The van der Waals surface area contributed by atoms with E-state index >= 15 is 0 Å². The highest BCUT2D eigenvalue weighted by molar-refractivity contribution is 5.80. The lowest BCUT2D eigenvalue weighted by molar-refractivity contribution is -0.143. The van der Waals surface area contributed by atoms with Gasteiger partial charge < -0.3 is 10.8 Å². The maximum atomic E-state index is 11.0. The summed E-state index contributed by atoms with van der Waals surface area (Å²) in [5.74, 6) is -1.00. The van der Waals surface area contributed by atoms with Crippen LogP contribution in [0.4, 0.5) is 0 Å². The molecule has 0 heterocycles. The second-order valence-corrected chi connectivity index (χ2v) is 3.52. The highest BCUT2D eigenvalue weighted by Gasteiger charge is 2.31. The monoisotopic (exact) mass is 193 g/mol. The number of nitrogens with two attached hydrogens (primary N) is 1. The van der Waals surface area contributed by atoms with E-state index in [9.17, 15) is 4.79 Å². The molecular weight excluding hydrogens is 178 g/mol. The number of aryl methyl sites for hydroxylation is 1. The fraction of sp³-hybridized carbons (Fsp3) is 0.364. The van der Waals surface area contributed by atoms with Crippen LogP contribution in [0.5, 0.6) is 0 Å². The first-order valence-electron chi connectivity index (χ1n) is 4.60. The first-order chi connectivity index (χ1) is 6.50. The summed E-state index contributed by atoms with van der Waals surface area (Å²) >= 11 is 0. The summed E-state index contributed by atoms with van der Waals surface area (Å²) in [6, 6.07) is 7.37.